The molecule has 138 valence electrons. The molecule has 0 aliphatic carbocycles. The summed E-state index contributed by atoms with van der Waals surface area (Å²) in [6.07, 6.45) is 1.82. The van der Waals surface area contributed by atoms with Crippen LogP contribution in [0.3, 0.4) is 0 Å². The summed E-state index contributed by atoms with van der Waals surface area (Å²) < 4.78 is 5.06. The number of carbonyl (C=O) groups excluding carboxylic acids is 2. The molecular formula is C19H18N4O3S. The molecule has 3 aromatic rings. The van der Waals surface area contributed by atoms with Gasteiger partial charge in [-0.15, -0.1) is 10.2 Å². The Kier molecular flexibility index (Phi) is 4.49. The van der Waals surface area contributed by atoms with Gasteiger partial charge in [0, 0.05) is 24.6 Å². The van der Waals surface area contributed by atoms with Crippen molar-refractivity contribution in [2.75, 3.05) is 16.8 Å². The maximum Gasteiger partial charge on any atom is 0.293 e. The maximum atomic E-state index is 12.5. The lowest BCUT2D eigenvalue weighted by molar-refractivity contribution is -0.117. The van der Waals surface area contributed by atoms with Crippen molar-refractivity contribution in [2.45, 2.75) is 26.2 Å². The number of hydrogen-bond donors (Lipinski definition) is 1. The van der Waals surface area contributed by atoms with Gasteiger partial charge < -0.3 is 9.32 Å². The molecule has 0 bridgehead atoms. The Morgan fingerprint density at radius 1 is 1.26 bits per heavy atom. The van der Waals surface area contributed by atoms with Crippen LogP contribution in [-0.4, -0.2) is 28.6 Å². The van der Waals surface area contributed by atoms with Crippen LogP contribution < -0.4 is 10.2 Å². The van der Waals surface area contributed by atoms with Crippen molar-refractivity contribution >= 4 is 34.0 Å². The summed E-state index contributed by atoms with van der Waals surface area (Å²) in [5.74, 6) is -0.129. The van der Waals surface area contributed by atoms with E-state index in [1.54, 1.807) is 17.0 Å². The molecule has 0 unspecified atom stereocenters. The summed E-state index contributed by atoms with van der Waals surface area (Å²) in [4.78, 5) is 26.3. The fourth-order valence-electron chi connectivity index (χ4n) is 3.03. The molecule has 8 heteroatoms. The summed E-state index contributed by atoms with van der Waals surface area (Å²) in [6.45, 7) is 4.64. The number of hydrogen-bond acceptors (Lipinski definition) is 6. The van der Waals surface area contributed by atoms with E-state index in [0.717, 1.165) is 16.3 Å². The Hall–Kier alpha value is -3.00. The lowest BCUT2D eigenvalue weighted by Crippen LogP contribution is -2.24. The predicted octanol–water partition coefficient (Wildman–Crippen LogP) is 3.52. The molecule has 3 heterocycles. The third-order valence-electron chi connectivity index (χ3n) is 4.68. The number of rotatable bonds is 4. The van der Waals surface area contributed by atoms with Gasteiger partial charge in [0.2, 0.25) is 11.0 Å². The molecule has 0 saturated carbocycles. The van der Waals surface area contributed by atoms with Crippen molar-refractivity contribution < 1.29 is 14.0 Å². The van der Waals surface area contributed by atoms with Crippen LogP contribution in [0.4, 0.5) is 10.8 Å². The summed E-state index contributed by atoms with van der Waals surface area (Å²) in [5.41, 5.74) is 3.26. The summed E-state index contributed by atoms with van der Waals surface area (Å²) in [6, 6.07) is 9.25. The number of amides is 2. The fourth-order valence-corrected chi connectivity index (χ4v) is 3.86. The molecule has 1 aliphatic rings. The molecule has 1 atom stereocenters. The summed E-state index contributed by atoms with van der Waals surface area (Å²) in [7, 11) is 0. The molecule has 1 saturated heterocycles. The molecule has 0 radical (unpaired) electrons. The number of aromatic nitrogens is 2. The highest BCUT2D eigenvalue weighted by Crippen LogP contribution is 2.34. The van der Waals surface area contributed by atoms with Gasteiger partial charge in [-0.2, -0.15) is 0 Å². The number of benzene rings is 1. The molecule has 1 aliphatic heterocycles. The van der Waals surface area contributed by atoms with Crippen LogP contribution in [0.25, 0.3) is 0 Å². The van der Waals surface area contributed by atoms with Gasteiger partial charge in [-0.05, 0) is 49.2 Å². The predicted molar refractivity (Wildman–Crippen MR) is 102 cm³/mol. The van der Waals surface area contributed by atoms with Crippen LogP contribution in [0.15, 0.2) is 41.0 Å². The summed E-state index contributed by atoms with van der Waals surface area (Å²) >= 11 is 1.29. The Morgan fingerprint density at radius 3 is 2.85 bits per heavy atom. The van der Waals surface area contributed by atoms with Gasteiger partial charge in [-0.3, -0.25) is 14.9 Å². The molecule has 7 nitrogen and oxygen atoms in total. The fraction of sp³-hybridized carbons (Fsp3) is 0.263. The molecule has 4 rings (SSSR count). The van der Waals surface area contributed by atoms with Gasteiger partial charge in [-0.1, -0.05) is 17.4 Å². The highest BCUT2D eigenvalue weighted by Gasteiger charge is 2.34. The standard InChI is InChI=1S/C19H18N4O3S/c1-11-5-6-14(8-12(11)2)23-10-13(9-16(23)24)18-21-22-19(27-18)20-17(25)15-4-3-7-26-15/h3-8,13H,9-10H2,1-2H3,(H,20,22,25)/t13-/m0/s1. The SMILES string of the molecule is Cc1ccc(N2C[C@@H](c3nnc(NC(=O)c4ccco4)s3)CC2=O)cc1C. The van der Waals surface area contributed by atoms with Crippen molar-refractivity contribution in [3.8, 4) is 0 Å². The second-order valence-electron chi connectivity index (χ2n) is 6.55. The van der Waals surface area contributed by atoms with Crippen molar-refractivity contribution in [3.05, 3.63) is 58.5 Å². The number of carbonyl (C=O) groups is 2. The molecule has 1 aromatic carbocycles. The van der Waals surface area contributed by atoms with Gasteiger partial charge in [0.1, 0.15) is 5.01 Å². The lowest BCUT2D eigenvalue weighted by atomic mass is 10.1. The maximum absolute atomic E-state index is 12.5. The minimum absolute atomic E-state index is 0.0362. The molecular weight excluding hydrogens is 364 g/mol. The van der Waals surface area contributed by atoms with E-state index in [4.69, 9.17) is 4.42 Å². The van der Waals surface area contributed by atoms with Crippen LogP contribution in [0, 0.1) is 13.8 Å². The minimum Gasteiger partial charge on any atom is -0.459 e. The molecule has 2 aromatic heterocycles. The van der Waals surface area contributed by atoms with Crippen LogP contribution in [0.5, 0.6) is 0 Å². The number of nitrogens with one attached hydrogen (secondary N) is 1. The Labute approximate surface area is 160 Å². The first-order chi connectivity index (χ1) is 13.0. The van der Waals surface area contributed by atoms with E-state index < -0.39 is 0 Å². The second-order valence-corrected chi connectivity index (χ2v) is 7.56. The Bertz CT molecular complexity index is 996. The minimum atomic E-state index is -0.373. The molecule has 0 spiro atoms. The van der Waals surface area contributed by atoms with E-state index in [1.807, 2.05) is 32.0 Å². The largest absolute Gasteiger partial charge is 0.459 e. The number of aryl methyl sites for hydroxylation is 2. The number of furan rings is 1. The zero-order valence-electron chi connectivity index (χ0n) is 14.9. The third kappa shape index (κ3) is 3.48. The third-order valence-corrected chi connectivity index (χ3v) is 5.68. The molecule has 27 heavy (non-hydrogen) atoms. The first-order valence-electron chi connectivity index (χ1n) is 8.57. The average molecular weight is 382 g/mol. The van der Waals surface area contributed by atoms with E-state index in [0.29, 0.717) is 18.1 Å². The van der Waals surface area contributed by atoms with Crippen LogP contribution in [0.2, 0.25) is 0 Å². The van der Waals surface area contributed by atoms with Crippen LogP contribution in [0.1, 0.15) is 39.0 Å². The van der Waals surface area contributed by atoms with E-state index >= 15 is 0 Å². The first kappa shape index (κ1) is 17.4. The number of anilines is 2. The molecule has 1 fully saturated rings. The van der Waals surface area contributed by atoms with Gasteiger partial charge in [-0.25, -0.2) is 0 Å². The smallest absolute Gasteiger partial charge is 0.293 e. The second kappa shape index (κ2) is 6.96. The van der Waals surface area contributed by atoms with Gasteiger partial charge in [0.05, 0.1) is 6.26 Å². The van der Waals surface area contributed by atoms with Crippen LogP contribution >= 0.6 is 11.3 Å². The molecule has 1 N–H and O–H groups in total. The zero-order chi connectivity index (χ0) is 19.0. The molecule has 2 amide bonds. The van der Waals surface area contributed by atoms with Crippen molar-refractivity contribution in [1.29, 1.82) is 0 Å². The number of nitrogens with zero attached hydrogens (tertiary/aromatic N) is 3. The average Bonchev–Trinajstić information content (AvgIpc) is 3.38. The van der Waals surface area contributed by atoms with Crippen molar-refractivity contribution in [3.63, 3.8) is 0 Å². The van der Waals surface area contributed by atoms with Gasteiger partial charge >= 0.3 is 0 Å². The zero-order valence-corrected chi connectivity index (χ0v) is 15.7. The van der Waals surface area contributed by atoms with Crippen molar-refractivity contribution in [1.82, 2.24) is 10.2 Å². The monoisotopic (exact) mass is 382 g/mol. The Balaban J connectivity index is 1.47. The van der Waals surface area contributed by atoms with E-state index in [2.05, 4.69) is 15.5 Å². The highest BCUT2D eigenvalue weighted by atomic mass is 32.1. The van der Waals surface area contributed by atoms with E-state index in [9.17, 15) is 9.59 Å². The van der Waals surface area contributed by atoms with Crippen molar-refractivity contribution in [2.24, 2.45) is 0 Å². The normalized spacial score (nSPS) is 16.7. The van der Waals surface area contributed by atoms with Gasteiger partial charge in [0.25, 0.3) is 5.91 Å². The van der Waals surface area contributed by atoms with E-state index in [-0.39, 0.29) is 23.5 Å². The van der Waals surface area contributed by atoms with Gasteiger partial charge in [0.15, 0.2) is 5.76 Å². The highest BCUT2D eigenvalue weighted by molar-refractivity contribution is 7.15. The quantitative estimate of drug-likeness (QED) is 0.746. The first-order valence-corrected chi connectivity index (χ1v) is 9.39. The summed E-state index contributed by atoms with van der Waals surface area (Å²) in [5, 5.41) is 12.0. The lowest BCUT2D eigenvalue weighted by Gasteiger charge is -2.17. The van der Waals surface area contributed by atoms with Crippen LogP contribution in [-0.2, 0) is 4.79 Å². The topological polar surface area (TPSA) is 88.3 Å². The Morgan fingerprint density at radius 2 is 2.11 bits per heavy atom. The van der Waals surface area contributed by atoms with E-state index in [1.165, 1.54) is 23.2 Å².